The summed E-state index contributed by atoms with van der Waals surface area (Å²) in [6.45, 7) is 2.77. The largest absolute Gasteiger partial charge is 0.466 e. The first-order valence-corrected chi connectivity index (χ1v) is 7.91. The molecule has 1 heterocycles. The molecule has 0 saturated carbocycles. The maximum absolute atomic E-state index is 12.7. The third-order valence-electron chi connectivity index (χ3n) is 4.00. The third-order valence-corrected chi connectivity index (χ3v) is 4.00. The number of piperidine rings is 1. The first kappa shape index (κ1) is 18.3. The van der Waals surface area contributed by atoms with Crippen LogP contribution in [0.1, 0.15) is 30.9 Å². The molecule has 0 aliphatic carbocycles. The van der Waals surface area contributed by atoms with Crippen molar-refractivity contribution >= 4 is 11.9 Å². The van der Waals surface area contributed by atoms with E-state index in [1.807, 2.05) is 0 Å². The standard InChI is InChI=1S/C17H20F3NO3/c1-2-24-16(23)13-6-4-8-21(11-13)15(22)10-12-5-3-7-14(9-12)17(18,19)20/h3,5,7,9,13H,2,4,6,8,10-11H2,1H3/t13-/m0/s1. The molecule has 24 heavy (non-hydrogen) atoms. The van der Waals surface area contributed by atoms with Crippen molar-refractivity contribution in [1.82, 2.24) is 4.90 Å². The minimum absolute atomic E-state index is 0.112. The van der Waals surface area contributed by atoms with Gasteiger partial charge in [-0.05, 0) is 31.4 Å². The van der Waals surface area contributed by atoms with Crippen molar-refractivity contribution in [2.45, 2.75) is 32.4 Å². The molecule has 0 bridgehead atoms. The average Bonchev–Trinajstić information content (AvgIpc) is 2.54. The maximum atomic E-state index is 12.7. The zero-order valence-corrected chi connectivity index (χ0v) is 13.4. The molecule has 4 nitrogen and oxygen atoms in total. The molecule has 0 unspecified atom stereocenters. The topological polar surface area (TPSA) is 46.6 Å². The predicted molar refractivity (Wildman–Crippen MR) is 81.1 cm³/mol. The minimum atomic E-state index is -4.43. The number of rotatable bonds is 4. The summed E-state index contributed by atoms with van der Waals surface area (Å²) < 4.78 is 43.2. The second-order valence-corrected chi connectivity index (χ2v) is 5.81. The molecule has 132 valence electrons. The van der Waals surface area contributed by atoms with E-state index >= 15 is 0 Å². The summed E-state index contributed by atoms with van der Waals surface area (Å²) in [6.07, 6.45) is -3.21. The Balaban J connectivity index is 2.00. The molecule has 1 saturated heterocycles. The lowest BCUT2D eigenvalue weighted by Gasteiger charge is -2.31. The van der Waals surface area contributed by atoms with Crippen LogP contribution in [-0.2, 0) is 26.9 Å². The molecule has 1 atom stereocenters. The van der Waals surface area contributed by atoms with Crippen LogP contribution in [0.25, 0.3) is 0 Å². The van der Waals surface area contributed by atoms with Gasteiger partial charge in [0.25, 0.3) is 0 Å². The van der Waals surface area contributed by atoms with E-state index in [-0.39, 0.29) is 37.4 Å². The van der Waals surface area contributed by atoms with Gasteiger partial charge in [-0.25, -0.2) is 0 Å². The van der Waals surface area contributed by atoms with Gasteiger partial charge in [-0.2, -0.15) is 13.2 Å². The quantitative estimate of drug-likeness (QED) is 0.790. The Morgan fingerprint density at radius 3 is 2.75 bits per heavy atom. The van der Waals surface area contributed by atoms with Gasteiger partial charge in [-0.15, -0.1) is 0 Å². The average molecular weight is 343 g/mol. The number of carbonyl (C=O) groups excluding carboxylic acids is 2. The van der Waals surface area contributed by atoms with Crippen molar-refractivity contribution in [3.63, 3.8) is 0 Å². The van der Waals surface area contributed by atoms with Gasteiger partial charge in [0.05, 0.1) is 24.5 Å². The first-order chi connectivity index (χ1) is 11.3. The van der Waals surface area contributed by atoms with Gasteiger partial charge in [0, 0.05) is 13.1 Å². The maximum Gasteiger partial charge on any atom is 0.416 e. The Bertz CT molecular complexity index is 601. The van der Waals surface area contributed by atoms with Crippen molar-refractivity contribution in [3.8, 4) is 0 Å². The van der Waals surface area contributed by atoms with Crippen molar-refractivity contribution in [1.29, 1.82) is 0 Å². The molecule has 1 fully saturated rings. The summed E-state index contributed by atoms with van der Waals surface area (Å²) in [5.74, 6) is -0.957. The fraction of sp³-hybridized carbons (Fsp3) is 0.529. The molecular weight excluding hydrogens is 323 g/mol. The van der Waals surface area contributed by atoms with E-state index in [1.54, 1.807) is 6.92 Å². The number of hydrogen-bond donors (Lipinski definition) is 0. The lowest BCUT2D eigenvalue weighted by molar-refractivity contribution is -0.151. The Hall–Kier alpha value is -2.05. The molecule has 1 aliphatic heterocycles. The molecule has 1 aromatic rings. The van der Waals surface area contributed by atoms with E-state index in [0.717, 1.165) is 12.1 Å². The van der Waals surface area contributed by atoms with E-state index in [0.29, 0.717) is 24.9 Å². The highest BCUT2D eigenvalue weighted by molar-refractivity contribution is 5.80. The number of likely N-dealkylation sites (tertiary alicyclic amines) is 1. The monoisotopic (exact) mass is 343 g/mol. The van der Waals surface area contributed by atoms with Gasteiger partial charge >= 0.3 is 12.1 Å². The summed E-state index contributed by atoms with van der Waals surface area (Å²) in [4.78, 5) is 25.7. The van der Waals surface area contributed by atoms with E-state index in [2.05, 4.69) is 0 Å². The van der Waals surface area contributed by atoms with Crippen LogP contribution in [0.4, 0.5) is 13.2 Å². The predicted octanol–water partition coefficient (Wildman–Crippen LogP) is 3.05. The van der Waals surface area contributed by atoms with Crippen LogP contribution in [0.15, 0.2) is 24.3 Å². The lowest BCUT2D eigenvalue weighted by atomic mass is 9.97. The zero-order chi connectivity index (χ0) is 17.7. The number of esters is 1. The van der Waals surface area contributed by atoms with Crippen LogP contribution >= 0.6 is 0 Å². The van der Waals surface area contributed by atoms with E-state index < -0.39 is 11.7 Å². The number of alkyl halides is 3. The van der Waals surface area contributed by atoms with Crippen molar-refractivity contribution in [2.75, 3.05) is 19.7 Å². The summed E-state index contributed by atoms with van der Waals surface area (Å²) >= 11 is 0. The van der Waals surface area contributed by atoms with Gasteiger partial charge in [0.1, 0.15) is 0 Å². The van der Waals surface area contributed by atoms with E-state index in [1.165, 1.54) is 17.0 Å². The molecule has 2 rings (SSSR count). The van der Waals surface area contributed by atoms with Gasteiger partial charge in [0.15, 0.2) is 0 Å². The lowest BCUT2D eigenvalue weighted by Crippen LogP contribution is -2.43. The molecule has 1 amide bonds. The minimum Gasteiger partial charge on any atom is -0.466 e. The number of nitrogens with zero attached hydrogens (tertiary/aromatic N) is 1. The molecule has 7 heteroatoms. The highest BCUT2D eigenvalue weighted by Crippen LogP contribution is 2.29. The van der Waals surface area contributed by atoms with Crippen LogP contribution in [0, 0.1) is 5.92 Å². The number of ether oxygens (including phenoxy) is 1. The second kappa shape index (κ2) is 7.68. The zero-order valence-electron chi connectivity index (χ0n) is 13.4. The SMILES string of the molecule is CCOC(=O)[C@H]1CCCN(C(=O)Cc2cccc(C(F)(F)F)c2)C1. The summed E-state index contributed by atoms with van der Waals surface area (Å²) in [5.41, 5.74) is -0.455. The molecule has 1 aromatic carbocycles. The molecule has 0 spiro atoms. The van der Waals surface area contributed by atoms with Gasteiger partial charge in [-0.1, -0.05) is 18.2 Å². The van der Waals surface area contributed by atoms with Crippen LogP contribution in [0.3, 0.4) is 0 Å². The Labute approximate surface area is 138 Å². The Morgan fingerprint density at radius 2 is 2.08 bits per heavy atom. The Morgan fingerprint density at radius 1 is 1.33 bits per heavy atom. The number of benzene rings is 1. The summed E-state index contributed by atoms with van der Waals surface area (Å²) in [7, 11) is 0. The molecular formula is C17H20F3NO3. The molecule has 0 N–H and O–H groups in total. The normalized spacial score (nSPS) is 18.3. The van der Waals surface area contributed by atoms with Gasteiger partial charge in [0.2, 0.25) is 5.91 Å². The smallest absolute Gasteiger partial charge is 0.416 e. The fourth-order valence-corrected chi connectivity index (χ4v) is 2.80. The molecule has 0 radical (unpaired) electrons. The number of carbonyl (C=O) groups is 2. The van der Waals surface area contributed by atoms with Crippen LogP contribution in [0.5, 0.6) is 0 Å². The molecule has 0 aromatic heterocycles. The summed E-state index contributed by atoms with van der Waals surface area (Å²) in [5, 5.41) is 0. The number of halogens is 3. The fourth-order valence-electron chi connectivity index (χ4n) is 2.80. The second-order valence-electron chi connectivity index (χ2n) is 5.81. The number of amides is 1. The van der Waals surface area contributed by atoms with Crippen molar-refractivity contribution < 1.29 is 27.5 Å². The number of hydrogen-bond acceptors (Lipinski definition) is 3. The highest BCUT2D eigenvalue weighted by atomic mass is 19.4. The molecule has 1 aliphatic rings. The summed E-state index contributed by atoms with van der Waals surface area (Å²) in [6, 6.07) is 4.76. The van der Waals surface area contributed by atoms with E-state index in [4.69, 9.17) is 4.74 Å². The Kier molecular flexibility index (Phi) is 5.85. The van der Waals surface area contributed by atoms with Crippen LogP contribution in [-0.4, -0.2) is 36.5 Å². The third kappa shape index (κ3) is 4.72. The van der Waals surface area contributed by atoms with Crippen LogP contribution < -0.4 is 0 Å². The van der Waals surface area contributed by atoms with Gasteiger partial charge in [-0.3, -0.25) is 9.59 Å². The van der Waals surface area contributed by atoms with E-state index in [9.17, 15) is 22.8 Å². The van der Waals surface area contributed by atoms with Crippen molar-refractivity contribution in [3.05, 3.63) is 35.4 Å². The van der Waals surface area contributed by atoms with Crippen molar-refractivity contribution in [2.24, 2.45) is 5.92 Å². The van der Waals surface area contributed by atoms with Gasteiger partial charge < -0.3 is 9.64 Å². The first-order valence-electron chi connectivity index (χ1n) is 7.91. The van der Waals surface area contributed by atoms with Crippen LogP contribution in [0.2, 0.25) is 0 Å². The highest BCUT2D eigenvalue weighted by Gasteiger charge is 2.31.